The fourth-order valence-electron chi connectivity index (χ4n) is 1.44. The van der Waals surface area contributed by atoms with Crippen LogP contribution in [0, 0.1) is 0 Å². The first-order valence-corrected chi connectivity index (χ1v) is 5.24. The summed E-state index contributed by atoms with van der Waals surface area (Å²) in [5.74, 6) is -1.03. The van der Waals surface area contributed by atoms with Crippen molar-refractivity contribution in [3.8, 4) is 0 Å². The third kappa shape index (κ3) is 3.32. The molecule has 1 aliphatic heterocycles. The molecule has 1 aliphatic rings. The minimum atomic E-state index is -1.03. The van der Waals surface area contributed by atoms with E-state index in [-0.39, 0.29) is 5.50 Å². The Kier molecular flexibility index (Phi) is 3.51. The van der Waals surface area contributed by atoms with Gasteiger partial charge in [0.15, 0.2) is 0 Å². The van der Waals surface area contributed by atoms with E-state index in [1.54, 1.807) is 6.20 Å². The Hall–Kier alpha value is -0.880. The van der Waals surface area contributed by atoms with E-state index in [1.165, 1.54) is 0 Å². The quantitative estimate of drug-likeness (QED) is 0.405. The molecule has 15 heavy (non-hydrogen) atoms. The van der Waals surface area contributed by atoms with Crippen LogP contribution in [0.1, 0.15) is 6.42 Å². The second-order valence-electron chi connectivity index (χ2n) is 4.54. The number of likely N-dealkylation sites (N-methyl/N-ethyl adjacent to an activating group) is 1. The Morgan fingerprint density at radius 3 is 2.60 bits per heavy atom. The van der Waals surface area contributed by atoms with E-state index in [1.807, 2.05) is 21.1 Å². The van der Waals surface area contributed by atoms with Crippen molar-refractivity contribution < 1.29 is 14.4 Å². The number of quaternary nitrogens is 1. The van der Waals surface area contributed by atoms with Crippen LogP contribution in [0.15, 0.2) is 11.9 Å². The highest BCUT2D eigenvalue weighted by atomic mass is 32.1. The van der Waals surface area contributed by atoms with E-state index < -0.39 is 12.0 Å². The van der Waals surface area contributed by atoms with Crippen LogP contribution in [0.25, 0.3) is 0 Å². The summed E-state index contributed by atoms with van der Waals surface area (Å²) >= 11 is 4.16. The number of aliphatic carboxylic acids is 1. The first kappa shape index (κ1) is 12.2. The van der Waals surface area contributed by atoms with Crippen molar-refractivity contribution in [3.05, 3.63) is 11.9 Å². The molecule has 0 aliphatic carbocycles. The number of carboxylic acids is 1. The van der Waals surface area contributed by atoms with E-state index in [0.717, 1.165) is 5.70 Å². The molecule has 0 spiro atoms. The fraction of sp³-hybridized carbons (Fsp3) is 0.667. The topological polar surface area (TPSA) is 64.2 Å². The van der Waals surface area contributed by atoms with Gasteiger partial charge in [0, 0.05) is 18.3 Å². The number of carbonyl (C=O) groups excluding carboxylic acids is 1. The van der Waals surface area contributed by atoms with Crippen LogP contribution in [0.4, 0.5) is 0 Å². The first-order chi connectivity index (χ1) is 6.80. The lowest BCUT2D eigenvalue weighted by Crippen LogP contribution is -2.55. The number of hydrogen-bond acceptors (Lipinski definition) is 5. The SMILES string of the molecule is C[N+](C)(C)C(CC1=CN[C@H](S)N1)C(=O)[O-]. The number of carbonyl (C=O) groups is 1. The van der Waals surface area contributed by atoms with Crippen molar-refractivity contribution in [2.45, 2.75) is 18.0 Å². The zero-order valence-electron chi connectivity index (χ0n) is 9.15. The summed E-state index contributed by atoms with van der Waals surface area (Å²) in [5, 5.41) is 17.0. The maximum atomic E-state index is 11.0. The molecule has 1 heterocycles. The average Bonchev–Trinajstić information content (AvgIpc) is 2.44. The second-order valence-corrected chi connectivity index (χ2v) is 5.05. The summed E-state index contributed by atoms with van der Waals surface area (Å²) in [5.41, 5.74) is 0.715. The number of rotatable bonds is 4. The molecule has 0 aromatic carbocycles. The van der Waals surface area contributed by atoms with Gasteiger partial charge in [0.1, 0.15) is 11.5 Å². The van der Waals surface area contributed by atoms with Crippen molar-refractivity contribution in [1.82, 2.24) is 10.6 Å². The molecule has 6 heteroatoms. The van der Waals surface area contributed by atoms with Crippen LogP contribution >= 0.6 is 12.6 Å². The molecule has 0 amide bonds. The highest BCUT2D eigenvalue weighted by Crippen LogP contribution is 2.14. The number of nitrogens with zero attached hydrogens (tertiary/aromatic N) is 1. The van der Waals surface area contributed by atoms with Gasteiger partial charge in [-0.1, -0.05) is 0 Å². The van der Waals surface area contributed by atoms with Gasteiger partial charge >= 0.3 is 0 Å². The van der Waals surface area contributed by atoms with E-state index in [0.29, 0.717) is 10.9 Å². The molecule has 1 unspecified atom stereocenters. The lowest BCUT2D eigenvalue weighted by molar-refractivity contribution is -0.889. The van der Waals surface area contributed by atoms with Crippen molar-refractivity contribution in [3.63, 3.8) is 0 Å². The number of nitrogens with one attached hydrogen (secondary N) is 2. The van der Waals surface area contributed by atoms with Gasteiger partial charge in [-0.05, 0) is 0 Å². The van der Waals surface area contributed by atoms with Crippen LogP contribution in [0.3, 0.4) is 0 Å². The Labute approximate surface area is 95.1 Å². The molecule has 5 nitrogen and oxygen atoms in total. The zero-order valence-corrected chi connectivity index (χ0v) is 10.0. The van der Waals surface area contributed by atoms with Gasteiger partial charge in [-0.25, -0.2) is 0 Å². The molecule has 0 aromatic heterocycles. The van der Waals surface area contributed by atoms with Gasteiger partial charge in [-0.3, -0.25) is 0 Å². The monoisotopic (exact) mass is 231 g/mol. The summed E-state index contributed by atoms with van der Waals surface area (Å²) in [7, 11) is 5.50. The molecule has 0 fully saturated rings. The predicted molar refractivity (Wildman–Crippen MR) is 58.6 cm³/mol. The molecule has 2 N–H and O–H groups in total. The highest BCUT2D eigenvalue weighted by molar-refractivity contribution is 7.80. The van der Waals surface area contributed by atoms with Crippen molar-refractivity contribution in [1.29, 1.82) is 0 Å². The average molecular weight is 231 g/mol. The highest BCUT2D eigenvalue weighted by Gasteiger charge is 2.27. The largest absolute Gasteiger partial charge is 0.544 e. The van der Waals surface area contributed by atoms with Crippen LogP contribution in [-0.2, 0) is 4.79 Å². The first-order valence-electron chi connectivity index (χ1n) is 4.72. The Morgan fingerprint density at radius 2 is 2.27 bits per heavy atom. The summed E-state index contributed by atoms with van der Waals surface area (Å²) in [4.78, 5) is 11.0. The van der Waals surface area contributed by atoms with E-state index in [2.05, 4.69) is 23.3 Å². The normalized spacial score (nSPS) is 22.7. The molecular weight excluding hydrogens is 214 g/mol. The van der Waals surface area contributed by atoms with Crippen LogP contribution in [0.2, 0.25) is 0 Å². The molecule has 86 valence electrons. The van der Waals surface area contributed by atoms with Crippen molar-refractivity contribution in [2.24, 2.45) is 0 Å². The van der Waals surface area contributed by atoms with Gasteiger partial charge in [0.25, 0.3) is 0 Å². The standard InChI is InChI=1S/C9H17N3O2S/c1-12(2,3)7(8(13)14)4-6-5-10-9(15)11-6/h5,7,9-11H,4H2,1-3H3,(H-,13,14,15)/t7?,9-/m0/s1. The van der Waals surface area contributed by atoms with Crippen LogP contribution in [0.5, 0.6) is 0 Å². The molecule has 2 atom stereocenters. The van der Waals surface area contributed by atoms with Gasteiger partial charge in [-0.15, -0.1) is 12.6 Å². The van der Waals surface area contributed by atoms with Crippen molar-refractivity contribution in [2.75, 3.05) is 21.1 Å². The molecule has 0 saturated heterocycles. The Balaban J connectivity index is 2.64. The predicted octanol–water partition coefficient (Wildman–Crippen LogP) is -1.55. The molecular formula is C9H17N3O2S. The minimum absolute atomic E-state index is 0.130. The number of hydrogen-bond donors (Lipinski definition) is 3. The maximum Gasteiger partial charge on any atom is 0.142 e. The van der Waals surface area contributed by atoms with Crippen molar-refractivity contribution >= 4 is 18.6 Å². The van der Waals surface area contributed by atoms with Gasteiger partial charge in [0.05, 0.1) is 27.1 Å². The van der Waals surface area contributed by atoms with E-state index >= 15 is 0 Å². The van der Waals surface area contributed by atoms with Gasteiger partial charge in [0.2, 0.25) is 0 Å². The number of thiol groups is 1. The third-order valence-corrected chi connectivity index (χ3v) is 2.64. The lowest BCUT2D eigenvalue weighted by atomic mass is 10.1. The summed E-state index contributed by atoms with van der Waals surface area (Å²) in [6, 6.07) is -0.566. The fourth-order valence-corrected chi connectivity index (χ4v) is 1.68. The third-order valence-electron chi connectivity index (χ3n) is 2.36. The zero-order chi connectivity index (χ0) is 11.6. The smallest absolute Gasteiger partial charge is 0.142 e. The van der Waals surface area contributed by atoms with Gasteiger partial charge < -0.3 is 25.0 Å². The lowest BCUT2D eigenvalue weighted by Gasteiger charge is -2.34. The van der Waals surface area contributed by atoms with E-state index in [9.17, 15) is 9.90 Å². The summed E-state index contributed by atoms with van der Waals surface area (Å²) in [6.07, 6.45) is 2.17. The second kappa shape index (κ2) is 4.32. The Bertz CT molecular complexity index is 286. The van der Waals surface area contributed by atoms with Gasteiger partial charge in [-0.2, -0.15) is 0 Å². The summed E-state index contributed by atoms with van der Waals surface area (Å²) in [6.45, 7) is 0. The molecule has 1 rings (SSSR count). The summed E-state index contributed by atoms with van der Waals surface area (Å²) < 4.78 is 0.332. The maximum absolute atomic E-state index is 11.0. The van der Waals surface area contributed by atoms with Crippen LogP contribution in [-0.4, -0.2) is 43.1 Å². The molecule has 0 bridgehead atoms. The molecule has 0 radical (unpaired) electrons. The Morgan fingerprint density at radius 1 is 1.67 bits per heavy atom. The molecule has 0 aromatic rings. The van der Waals surface area contributed by atoms with Crippen LogP contribution < -0.4 is 15.7 Å². The molecule has 0 saturated carbocycles. The minimum Gasteiger partial charge on any atom is -0.544 e. The van der Waals surface area contributed by atoms with E-state index in [4.69, 9.17) is 0 Å². The number of carboxylic acid groups (broad SMARTS) is 1.